The van der Waals surface area contributed by atoms with Crippen molar-refractivity contribution in [3.05, 3.63) is 29.5 Å². The van der Waals surface area contributed by atoms with E-state index in [9.17, 15) is 0 Å². The Bertz CT molecular complexity index is 659. The Kier molecular flexibility index (Phi) is 8.57. The van der Waals surface area contributed by atoms with E-state index in [-0.39, 0.29) is 24.0 Å². The number of thiophene rings is 1. The molecular formula is C17H25IN4OS2. The quantitative estimate of drug-likeness (QED) is 0.383. The smallest absolute Gasteiger partial charge is 0.236 e. The average molecular weight is 492 g/mol. The largest absolute Gasteiger partial charge is 0.443 e. The van der Waals surface area contributed by atoms with Crippen LogP contribution in [0.3, 0.4) is 0 Å². The second-order valence-corrected chi connectivity index (χ2v) is 7.99. The summed E-state index contributed by atoms with van der Waals surface area (Å²) in [5.41, 5.74) is 0.868. The highest BCUT2D eigenvalue weighted by Gasteiger charge is 2.21. The van der Waals surface area contributed by atoms with Crippen LogP contribution in [0.1, 0.15) is 26.0 Å². The Labute approximate surface area is 174 Å². The monoisotopic (exact) mass is 492 g/mol. The van der Waals surface area contributed by atoms with Crippen molar-refractivity contribution in [3.63, 3.8) is 0 Å². The summed E-state index contributed by atoms with van der Waals surface area (Å²) in [6.45, 7) is 7.89. The van der Waals surface area contributed by atoms with E-state index in [1.54, 1.807) is 17.6 Å². The molecule has 2 aromatic heterocycles. The van der Waals surface area contributed by atoms with Gasteiger partial charge in [-0.25, -0.2) is 9.98 Å². The second kappa shape index (κ2) is 10.4. The summed E-state index contributed by atoms with van der Waals surface area (Å²) >= 11 is 3.70. The highest BCUT2D eigenvalue weighted by Crippen LogP contribution is 2.24. The first kappa shape index (κ1) is 20.6. The van der Waals surface area contributed by atoms with Crippen LogP contribution in [0.4, 0.5) is 0 Å². The van der Waals surface area contributed by atoms with Gasteiger partial charge in [0.15, 0.2) is 5.96 Å². The number of aromatic nitrogens is 1. The molecule has 1 aliphatic rings. The molecule has 0 amide bonds. The van der Waals surface area contributed by atoms with Crippen LogP contribution in [-0.2, 0) is 6.54 Å². The van der Waals surface area contributed by atoms with Gasteiger partial charge in [-0.3, -0.25) is 0 Å². The minimum Gasteiger partial charge on any atom is -0.443 e. The summed E-state index contributed by atoms with van der Waals surface area (Å²) < 4.78 is 5.57. The van der Waals surface area contributed by atoms with Gasteiger partial charge in [-0.15, -0.1) is 35.3 Å². The van der Waals surface area contributed by atoms with Crippen molar-refractivity contribution < 1.29 is 4.42 Å². The van der Waals surface area contributed by atoms with Crippen molar-refractivity contribution in [1.82, 2.24) is 15.2 Å². The molecule has 25 heavy (non-hydrogen) atoms. The fraction of sp³-hybridized carbons (Fsp3) is 0.529. The van der Waals surface area contributed by atoms with Gasteiger partial charge < -0.3 is 14.6 Å². The van der Waals surface area contributed by atoms with Crippen molar-refractivity contribution in [2.24, 2.45) is 4.99 Å². The van der Waals surface area contributed by atoms with Crippen molar-refractivity contribution in [1.29, 1.82) is 0 Å². The van der Waals surface area contributed by atoms with Gasteiger partial charge in [-0.1, -0.05) is 13.0 Å². The molecule has 0 aliphatic carbocycles. The highest BCUT2D eigenvalue weighted by molar-refractivity contribution is 14.0. The molecular weight excluding hydrogens is 467 g/mol. The molecule has 2 aromatic rings. The Morgan fingerprint density at radius 2 is 2.36 bits per heavy atom. The number of thioether (sulfide) groups is 1. The van der Waals surface area contributed by atoms with Crippen molar-refractivity contribution in [2.75, 3.05) is 25.4 Å². The zero-order chi connectivity index (χ0) is 16.8. The summed E-state index contributed by atoms with van der Waals surface area (Å²) in [6.07, 6.45) is 2.91. The van der Waals surface area contributed by atoms with E-state index in [2.05, 4.69) is 40.8 Å². The standard InChI is InChI=1S/C17H24N4OS2.HI/c1-3-14-11-21(7-9-23-14)17(18-4-2)19-10-13-12-22-16(20-13)15-6-5-8-24-15;/h5-6,8,12,14H,3-4,7,9-11H2,1-2H3,(H,18,19);1H. The predicted molar refractivity (Wildman–Crippen MR) is 118 cm³/mol. The maximum atomic E-state index is 5.57. The third-order valence-electron chi connectivity index (χ3n) is 3.90. The van der Waals surface area contributed by atoms with E-state index in [0.29, 0.717) is 17.7 Å². The van der Waals surface area contributed by atoms with Gasteiger partial charge in [0.1, 0.15) is 12.0 Å². The number of hydrogen-bond acceptors (Lipinski definition) is 5. The van der Waals surface area contributed by atoms with Gasteiger partial charge in [-0.2, -0.15) is 11.8 Å². The van der Waals surface area contributed by atoms with E-state index in [1.807, 2.05) is 17.5 Å². The lowest BCUT2D eigenvalue weighted by molar-refractivity contribution is 0.408. The second-order valence-electron chi connectivity index (χ2n) is 5.64. The average Bonchev–Trinajstić information content (AvgIpc) is 3.30. The third kappa shape index (κ3) is 5.62. The zero-order valence-corrected chi connectivity index (χ0v) is 18.6. The maximum absolute atomic E-state index is 5.57. The van der Waals surface area contributed by atoms with Crippen molar-refractivity contribution in [2.45, 2.75) is 32.1 Å². The number of oxazole rings is 1. The number of nitrogens with zero attached hydrogens (tertiary/aromatic N) is 3. The molecule has 3 heterocycles. The first-order valence-corrected chi connectivity index (χ1v) is 10.4. The van der Waals surface area contributed by atoms with Gasteiger partial charge in [0.05, 0.1) is 11.4 Å². The number of nitrogens with one attached hydrogen (secondary N) is 1. The topological polar surface area (TPSA) is 53.7 Å². The van der Waals surface area contributed by atoms with E-state index in [1.165, 1.54) is 6.42 Å². The Balaban J connectivity index is 0.00000225. The fourth-order valence-corrected chi connectivity index (χ4v) is 4.47. The Morgan fingerprint density at radius 3 is 3.08 bits per heavy atom. The molecule has 138 valence electrons. The van der Waals surface area contributed by atoms with Gasteiger partial charge in [0.25, 0.3) is 0 Å². The summed E-state index contributed by atoms with van der Waals surface area (Å²) in [5, 5.41) is 6.13. The van der Waals surface area contributed by atoms with Crippen LogP contribution in [-0.4, -0.2) is 46.5 Å². The van der Waals surface area contributed by atoms with E-state index in [0.717, 1.165) is 41.9 Å². The molecule has 1 atom stereocenters. The van der Waals surface area contributed by atoms with Gasteiger partial charge in [-0.05, 0) is 24.8 Å². The normalized spacial score (nSPS) is 18.1. The van der Waals surface area contributed by atoms with E-state index in [4.69, 9.17) is 9.41 Å². The minimum atomic E-state index is 0. The Hall–Kier alpha value is -0.740. The number of rotatable bonds is 5. The predicted octanol–water partition coefficient (Wildman–Crippen LogP) is 4.31. The molecule has 0 spiro atoms. The Morgan fingerprint density at radius 1 is 1.48 bits per heavy atom. The molecule has 1 unspecified atom stereocenters. The minimum absolute atomic E-state index is 0. The molecule has 8 heteroatoms. The highest BCUT2D eigenvalue weighted by atomic mass is 127. The van der Waals surface area contributed by atoms with Crippen LogP contribution in [0, 0.1) is 0 Å². The molecule has 3 rings (SSSR count). The molecule has 1 fully saturated rings. The SMILES string of the molecule is CCNC(=NCc1coc(-c2cccs2)n1)N1CCSC(CC)C1.I. The molecule has 1 N–H and O–H groups in total. The summed E-state index contributed by atoms with van der Waals surface area (Å²) in [4.78, 5) is 12.7. The first-order chi connectivity index (χ1) is 11.8. The number of guanidine groups is 1. The number of halogens is 1. The van der Waals surface area contributed by atoms with E-state index < -0.39 is 0 Å². The van der Waals surface area contributed by atoms with E-state index >= 15 is 0 Å². The first-order valence-electron chi connectivity index (χ1n) is 8.43. The van der Waals surface area contributed by atoms with Crippen LogP contribution >= 0.6 is 47.1 Å². The molecule has 1 aliphatic heterocycles. The fourth-order valence-electron chi connectivity index (χ4n) is 2.63. The summed E-state index contributed by atoms with van der Waals surface area (Å²) in [7, 11) is 0. The molecule has 1 saturated heterocycles. The lowest BCUT2D eigenvalue weighted by Crippen LogP contribution is -2.48. The van der Waals surface area contributed by atoms with Crippen molar-refractivity contribution >= 4 is 53.0 Å². The van der Waals surface area contributed by atoms with Crippen LogP contribution in [0.15, 0.2) is 33.2 Å². The molecule has 0 saturated carbocycles. The van der Waals surface area contributed by atoms with Crippen LogP contribution in [0.2, 0.25) is 0 Å². The van der Waals surface area contributed by atoms with Crippen molar-refractivity contribution in [3.8, 4) is 10.8 Å². The van der Waals surface area contributed by atoms with Crippen LogP contribution in [0.5, 0.6) is 0 Å². The van der Waals surface area contributed by atoms with Crippen LogP contribution < -0.4 is 5.32 Å². The molecule has 0 radical (unpaired) electrons. The molecule has 0 aromatic carbocycles. The lowest BCUT2D eigenvalue weighted by atomic mass is 10.3. The summed E-state index contributed by atoms with van der Waals surface area (Å²) in [6, 6.07) is 4.02. The van der Waals surface area contributed by atoms with Gasteiger partial charge >= 0.3 is 0 Å². The number of hydrogen-bond donors (Lipinski definition) is 1. The lowest BCUT2D eigenvalue weighted by Gasteiger charge is -2.34. The maximum Gasteiger partial charge on any atom is 0.236 e. The summed E-state index contributed by atoms with van der Waals surface area (Å²) in [5.74, 6) is 2.83. The number of aliphatic imine (C=N–C) groups is 1. The van der Waals surface area contributed by atoms with Gasteiger partial charge in [0, 0.05) is 30.6 Å². The third-order valence-corrected chi connectivity index (χ3v) is 6.13. The molecule has 0 bridgehead atoms. The van der Waals surface area contributed by atoms with Crippen LogP contribution in [0.25, 0.3) is 10.8 Å². The molecule has 5 nitrogen and oxygen atoms in total. The van der Waals surface area contributed by atoms with Gasteiger partial charge in [0.2, 0.25) is 5.89 Å². The zero-order valence-electron chi connectivity index (χ0n) is 14.6.